The fraction of sp³-hybridized carbons (Fsp3) is 0.182. The summed E-state index contributed by atoms with van der Waals surface area (Å²) in [5.74, 6) is 1.63. The van der Waals surface area contributed by atoms with Gasteiger partial charge in [-0.05, 0) is 80.0 Å². The van der Waals surface area contributed by atoms with Gasteiger partial charge < -0.3 is 24.4 Å². The molecular formula is C22H24BNO4. The van der Waals surface area contributed by atoms with Gasteiger partial charge in [-0.1, -0.05) is 12.1 Å². The van der Waals surface area contributed by atoms with Crippen molar-refractivity contribution in [2.75, 3.05) is 18.1 Å². The molecule has 28 heavy (non-hydrogen) atoms. The lowest BCUT2D eigenvalue weighted by Gasteiger charge is -2.26. The van der Waals surface area contributed by atoms with Crippen LogP contribution in [0.3, 0.4) is 0 Å². The van der Waals surface area contributed by atoms with Crippen LogP contribution in [0.15, 0.2) is 72.8 Å². The van der Waals surface area contributed by atoms with Gasteiger partial charge in [-0.25, -0.2) is 0 Å². The molecule has 0 heterocycles. The number of benzene rings is 3. The Morgan fingerprint density at radius 3 is 1.32 bits per heavy atom. The summed E-state index contributed by atoms with van der Waals surface area (Å²) in [6.45, 7) is 5.15. The Bertz CT molecular complexity index is 815. The van der Waals surface area contributed by atoms with Gasteiger partial charge in [0.2, 0.25) is 0 Å². The Labute approximate surface area is 165 Å². The molecule has 3 aromatic carbocycles. The maximum Gasteiger partial charge on any atom is 0.488 e. The Morgan fingerprint density at radius 1 is 0.643 bits per heavy atom. The van der Waals surface area contributed by atoms with E-state index in [2.05, 4.69) is 4.90 Å². The first-order chi connectivity index (χ1) is 13.6. The lowest BCUT2D eigenvalue weighted by Crippen LogP contribution is -2.29. The van der Waals surface area contributed by atoms with E-state index in [-0.39, 0.29) is 0 Å². The summed E-state index contributed by atoms with van der Waals surface area (Å²) in [5.41, 5.74) is 3.27. The second-order valence-corrected chi connectivity index (χ2v) is 6.15. The van der Waals surface area contributed by atoms with Crippen LogP contribution in [-0.2, 0) is 0 Å². The molecule has 3 aromatic rings. The van der Waals surface area contributed by atoms with Crippen LogP contribution in [0.4, 0.5) is 17.1 Å². The molecule has 0 amide bonds. The monoisotopic (exact) mass is 377 g/mol. The molecule has 5 nitrogen and oxygen atoms in total. The summed E-state index contributed by atoms with van der Waals surface area (Å²) in [5, 5.41) is 18.7. The number of hydrogen-bond donors (Lipinski definition) is 2. The van der Waals surface area contributed by atoms with Gasteiger partial charge in [0.15, 0.2) is 0 Å². The zero-order chi connectivity index (χ0) is 19.9. The first kappa shape index (κ1) is 19.8. The van der Waals surface area contributed by atoms with E-state index in [1.807, 2.05) is 74.5 Å². The highest BCUT2D eigenvalue weighted by molar-refractivity contribution is 6.58. The minimum absolute atomic E-state index is 0.446. The highest BCUT2D eigenvalue weighted by Crippen LogP contribution is 2.35. The highest BCUT2D eigenvalue weighted by atomic mass is 16.5. The molecule has 0 aliphatic carbocycles. The van der Waals surface area contributed by atoms with Crippen LogP contribution >= 0.6 is 0 Å². The summed E-state index contributed by atoms with van der Waals surface area (Å²) in [6, 6.07) is 22.9. The Morgan fingerprint density at radius 2 is 1.00 bits per heavy atom. The molecule has 0 aliphatic heterocycles. The topological polar surface area (TPSA) is 62.2 Å². The molecule has 144 valence electrons. The number of rotatable bonds is 8. The summed E-state index contributed by atoms with van der Waals surface area (Å²) in [6.07, 6.45) is 0. The molecule has 3 rings (SSSR count). The maximum absolute atomic E-state index is 9.36. The average molecular weight is 377 g/mol. The Balaban J connectivity index is 1.99. The lowest BCUT2D eigenvalue weighted by atomic mass is 9.80. The summed E-state index contributed by atoms with van der Waals surface area (Å²) in [7, 11) is -1.49. The highest BCUT2D eigenvalue weighted by Gasteiger charge is 2.15. The van der Waals surface area contributed by atoms with Crippen molar-refractivity contribution < 1.29 is 19.5 Å². The number of ether oxygens (including phenoxy) is 2. The van der Waals surface area contributed by atoms with Crippen LogP contribution < -0.4 is 19.8 Å². The minimum atomic E-state index is -1.49. The van der Waals surface area contributed by atoms with Crippen molar-refractivity contribution in [1.29, 1.82) is 0 Å². The van der Waals surface area contributed by atoms with Gasteiger partial charge in [0, 0.05) is 17.1 Å². The van der Waals surface area contributed by atoms with Crippen LogP contribution in [0.2, 0.25) is 0 Å². The maximum atomic E-state index is 9.36. The Hall–Kier alpha value is -2.96. The molecule has 0 radical (unpaired) electrons. The molecule has 0 bridgehead atoms. The first-order valence-electron chi connectivity index (χ1n) is 9.34. The smallest absolute Gasteiger partial charge is 0.488 e. The zero-order valence-corrected chi connectivity index (χ0v) is 16.1. The molecule has 0 atom stereocenters. The van der Waals surface area contributed by atoms with Crippen molar-refractivity contribution in [1.82, 2.24) is 0 Å². The fourth-order valence-corrected chi connectivity index (χ4v) is 2.96. The van der Waals surface area contributed by atoms with Crippen LogP contribution in [0.25, 0.3) is 0 Å². The molecule has 0 aromatic heterocycles. The van der Waals surface area contributed by atoms with Gasteiger partial charge in [0.25, 0.3) is 0 Å². The summed E-state index contributed by atoms with van der Waals surface area (Å²) in [4.78, 5) is 2.08. The van der Waals surface area contributed by atoms with Crippen molar-refractivity contribution in [3.8, 4) is 11.5 Å². The van der Waals surface area contributed by atoms with E-state index in [0.29, 0.717) is 18.7 Å². The third-order valence-corrected chi connectivity index (χ3v) is 4.26. The average Bonchev–Trinajstić information content (AvgIpc) is 2.72. The van der Waals surface area contributed by atoms with Gasteiger partial charge in [0.1, 0.15) is 11.5 Å². The molecule has 0 saturated heterocycles. The van der Waals surface area contributed by atoms with Crippen molar-refractivity contribution in [2.45, 2.75) is 13.8 Å². The third kappa shape index (κ3) is 4.66. The molecule has 0 saturated carbocycles. The normalized spacial score (nSPS) is 10.4. The largest absolute Gasteiger partial charge is 0.494 e. The van der Waals surface area contributed by atoms with E-state index >= 15 is 0 Å². The lowest BCUT2D eigenvalue weighted by molar-refractivity contribution is 0.340. The Kier molecular flexibility index (Phi) is 6.58. The quantitative estimate of drug-likeness (QED) is 0.587. The number of nitrogens with zero attached hydrogens (tertiary/aromatic N) is 1. The third-order valence-electron chi connectivity index (χ3n) is 4.26. The van der Waals surface area contributed by atoms with Crippen LogP contribution in [0.5, 0.6) is 11.5 Å². The van der Waals surface area contributed by atoms with Gasteiger partial charge in [-0.3, -0.25) is 0 Å². The second-order valence-electron chi connectivity index (χ2n) is 6.15. The predicted molar refractivity (Wildman–Crippen MR) is 113 cm³/mol. The molecule has 0 aliphatic rings. The number of hydrogen-bond acceptors (Lipinski definition) is 5. The van der Waals surface area contributed by atoms with E-state index in [9.17, 15) is 10.0 Å². The van der Waals surface area contributed by atoms with Crippen LogP contribution in [0, 0.1) is 0 Å². The molecule has 0 unspecified atom stereocenters. The van der Waals surface area contributed by atoms with E-state index in [1.54, 1.807) is 12.1 Å². The van der Waals surface area contributed by atoms with E-state index < -0.39 is 7.12 Å². The van der Waals surface area contributed by atoms with Gasteiger partial charge in [-0.2, -0.15) is 0 Å². The predicted octanol–water partition coefficient (Wildman–Crippen LogP) is 3.63. The van der Waals surface area contributed by atoms with Crippen LogP contribution in [-0.4, -0.2) is 30.4 Å². The molecule has 2 N–H and O–H groups in total. The fourth-order valence-electron chi connectivity index (χ4n) is 2.96. The zero-order valence-electron chi connectivity index (χ0n) is 16.1. The minimum Gasteiger partial charge on any atom is -0.494 e. The van der Waals surface area contributed by atoms with Crippen LogP contribution in [0.1, 0.15) is 13.8 Å². The van der Waals surface area contributed by atoms with Crippen molar-refractivity contribution in [2.24, 2.45) is 0 Å². The van der Waals surface area contributed by atoms with E-state index in [4.69, 9.17) is 9.47 Å². The summed E-state index contributed by atoms with van der Waals surface area (Å²) >= 11 is 0. The molecule has 6 heteroatoms. The van der Waals surface area contributed by atoms with E-state index in [0.717, 1.165) is 28.6 Å². The standard InChI is InChI=1S/C22H24BNO4/c1-3-27-21-13-9-19(10-14-21)24(18-7-5-17(6-8-18)23(25)26)20-11-15-22(16-12-20)28-4-2/h5-16,25-26H,3-4H2,1-2H3. The first-order valence-corrected chi connectivity index (χ1v) is 9.34. The summed E-state index contributed by atoms with van der Waals surface area (Å²) < 4.78 is 11.1. The van der Waals surface area contributed by atoms with Crippen molar-refractivity contribution in [3.63, 3.8) is 0 Å². The second kappa shape index (κ2) is 9.31. The molecular weight excluding hydrogens is 353 g/mol. The van der Waals surface area contributed by atoms with Gasteiger partial charge in [-0.15, -0.1) is 0 Å². The SMILES string of the molecule is CCOc1ccc(N(c2ccc(OCC)cc2)c2ccc(B(O)O)cc2)cc1. The van der Waals surface area contributed by atoms with E-state index in [1.165, 1.54) is 0 Å². The number of anilines is 3. The van der Waals surface area contributed by atoms with Crippen molar-refractivity contribution >= 4 is 29.6 Å². The molecule has 0 fully saturated rings. The van der Waals surface area contributed by atoms with Gasteiger partial charge >= 0.3 is 7.12 Å². The van der Waals surface area contributed by atoms with Crippen molar-refractivity contribution in [3.05, 3.63) is 72.8 Å². The molecule has 0 spiro atoms. The van der Waals surface area contributed by atoms with Gasteiger partial charge in [0.05, 0.1) is 13.2 Å².